The molecule has 0 N–H and O–H groups in total. The summed E-state index contributed by atoms with van der Waals surface area (Å²) in [5, 5.41) is -0.300. The van der Waals surface area contributed by atoms with Gasteiger partial charge in [0.15, 0.2) is 0 Å². The van der Waals surface area contributed by atoms with Crippen LogP contribution in [0.4, 0.5) is 0 Å². The van der Waals surface area contributed by atoms with Gasteiger partial charge in [-0.1, -0.05) is 43.3 Å². The van der Waals surface area contributed by atoms with E-state index in [-0.39, 0.29) is 10.1 Å². The van der Waals surface area contributed by atoms with E-state index in [4.69, 9.17) is 26.0 Å². The molecule has 9 heteroatoms. The minimum absolute atomic E-state index is 0.294. The molecule has 166 valence electrons. The zero-order valence-corrected chi connectivity index (χ0v) is 21.6. The summed E-state index contributed by atoms with van der Waals surface area (Å²) in [7, 11) is -1.70. The van der Waals surface area contributed by atoms with Gasteiger partial charge in [0.05, 0.1) is 25.2 Å². The number of nitrogens with zero attached hydrogens (tertiary/aromatic N) is 1. The van der Waals surface area contributed by atoms with E-state index >= 15 is 0 Å². The number of benzene rings is 1. The number of thioether (sulfide) groups is 2. The molecule has 0 radical (unpaired) electrons. The molecule has 0 aliphatic carbocycles. The molecule has 1 unspecified atom stereocenters. The van der Waals surface area contributed by atoms with Crippen LogP contribution in [0, 0.1) is 0 Å². The third-order valence-corrected chi connectivity index (χ3v) is 9.54. The fourth-order valence-corrected chi connectivity index (χ4v) is 7.39. The first-order valence-corrected chi connectivity index (χ1v) is 13.5. The van der Waals surface area contributed by atoms with Crippen molar-refractivity contribution in [2.45, 2.75) is 62.5 Å². The molecule has 0 saturated carbocycles. The van der Waals surface area contributed by atoms with Gasteiger partial charge in [0.1, 0.15) is 0 Å². The second-order valence-electron chi connectivity index (χ2n) is 6.82. The van der Waals surface area contributed by atoms with Crippen LogP contribution in [-0.4, -0.2) is 46.0 Å². The summed E-state index contributed by atoms with van der Waals surface area (Å²) in [5.41, 5.74) is 0. The monoisotopic (exact) mass is 479 g/mol. The van der Waals surface area contributed by atoms with Gasteiger partial charge in [0.2, 0.25) is 4.38 Å². The van der Waals surface area contributed by atoms with Gasteiger partial charge in [-0.3, -0.25) is 9.05 Å². The summed E-state index contributed by atoms with van der Waals surface area (Å²) in [6.07, 6.45) is 1.98. The standard InChI is InChI=1S/C20H34NO4PS3/c1-7-10-16-23-19(27)28-18(21(6)26(22,24-8-2)25-9-3)20(4,5)29-17-14-12-11-13-15-17/h11-15,18H,7-10,16H2,1-6H3. The maximum atomic E-state index is 13.5. The number of rotatable bonds is 13. The molecule has 0 heterocycles. The average Bonchev–Trinajstić information content (AvgIpc) is 2.66. The Morgan fingerprint density at radius 2 is 1.76 bits per heavy atom. The van der Waals surface area contributed by atoms with Gasteiger partial charge in [-0.2, -0.15) is 4.67 Å². The third-order valence-electron chi connectivity index (χ3n) is 3.95. The number of thiocarbonyl (C=S) groups is 1. The molecular formula is C20H34NO4PS3. The van der Waals surface area contributed by atoms with E-state index in [1.807, 2.05) is 32.0 Å². The Balaban J connectivity index is 3.14. The molecule has 5 nitrogen and oxygen atoms in total. The topological polar surface area (TPSA) is 48.0 Å². The molecule has 1 atom stereocenters. The predicted molar refractivity (Wildman–Crippen MR) is 130 cm³/mol. The molecule has 1 rings (SSSR count). The lowest BCUT2D eigenvalue weighted by Crippen LogP contribution is -2.43. The molecule has 0 amide bonds. The minimum Gasteiger partial charge on any atom is -0.479 e. The largest absolute Gasteiger partial charge is 0.479 e. The molecule has 0 saturated heterocycles. The molecule has 0 fully saturated rings. The van der Waals surface area contributed by atoms with Gasteiger partial charge < -0.3 is 4.74 Å². The smallest absolute Gasteiger partial charge is 0.408 e. The SMILES string of the molecule is CCCCOC(=S)SC(N(C)P(=O)(OCC)OCC)C(C)(C)Sc1ccccc1. The van der Waals surface area contributed by atoms with Gasteiger partial charge >= 0.3 is 7.75 Å². The van der Waals surface area contributed by atoms with Gasteiger partial charge in [-0.25, -0.2) is 4.57 Å². The maximum Gasteiger partial charge on any atom is 0.408 e. The highest BCUT2D eigenvalue weighted by atomic mass is 32.2. The summed E-state index contributed by atoms with van der Waals surface area (Å²) < 4.78 is 32.1. The first kappa shape index (κ1) is 27.0. The zero-order valence-electron chi connectivity index (χ0n) is 18.3. The van der Waals surface area contributed by atoms with E-state index in [1.54, 1.807) is 23.5 Å². The van der Waals surface area contributed by atoms with Gasteiger partial charge in [0.25, 0.3) is 0 Å². The Kier molecular flexibility index (Phi) is 12.4. The van der Waals surface area contributed by atoms with E-state index < -0.39 is 7.75 Å². The molecule has 0 aliphatic heterocycles. The predicted octanol–water partition coefficient (Wildman–Crippen LogP) is 6.83. The molecule has 0 aliphatic rings. The van der Waals surface area contributed by atoms with Crippen molar-refractivity contribution in [3.8, 4) is 0 Å². The van der Waals surface area contributed by atoms with Crippen molar-refractivity contribution in [3.05, 3.63) is 30.3 Å². The van der Waals surface area contributed by atoms with E-state index in [0.717, 1.165) is 17.7 Å². The lowest BCUT2D eigenvalue weighted by Gasteiger charge is -2.41. The summed E-state index contributed by atoms with van der Waals surface area (Å²) in [4.78, 5) is 1.12. The first-order chi connectivity index (χ1) is 13.7. The minimum atomic E-state index is -3.47. The van der Waals surface area contributed by atoms with Crippen molar-refractivity contribution in [1.82, 2.24) is 4.67 Å². The van der Waals surface area contributed by atoms with Crippen LogP contribution in [0.15, 0.2) is 35.2 Å². The molecular weight excluding hydrogens is 445 g/mol. The lowest BCUT2D eigenvalue weighted by atomic mass is 10.2. The highest BCUT2D eigenvalue weighted by Gasteiger charge is 2.44. The van der Waals surface area contributed by atoms with Crippen LogP contribution in [0.2, 0.25) is 0 Å². The number of ether oxygens (including phenoxy) is 1. The Labute approximate surface area is 190 Å². The highest BCUT2D eigenvalue weighted by Crippen LogP contribution is 2.57. The fourth-order valence-electron chi connectivity index (χ4n) is 2.61. The lowest BCUT2D eigenvalue weighted by molar-refractivity contribution is 0.169. The number of hydrogen-bond acceptors (Lipinski definition) is 7. The second kappa shape index (κ2) is 13.4. The Bertz CT molecular complexity index is 650. The van der Waals surface area contributed by atoms with Crippen LogP contribution in [0.5, 0.6) is 0 Å². The summed E-state index contributed by atoms with van der Waals surface area (Å²) in [5.74, 6) is 0. The van der Waals surface area contributed by atoms with Crippen molar-refractivity contribution in [1.29, 1.82) is 0 Å². The van der Waals surface area contributed by atoms with Crippen molar-refractivity contribution in [3.63, 3.8) is 0 Å². The molecule has 1 aromatic rings. The van der Waals surface area contributed by atoms with Gasteiger partial charge in [-0.05, 0) is 65.5 Å². The van der Waals surface area contributed by atoms with E-state index in [0.29, 0.717) is 24.2 Å². The van der Waals surface area contributed by atoms with Crippen molar-refractivity contribution < 1.29 is 18.3 Å². The van der Waals surface area contributed by atoms with Gasteiger partial charge in [0, 0.05) is 9.64 Å². The Morgan fingerprint density at radius 3 is 2.28 bits per heavy atom. The quantitative estimate of drug-likeness (QED) is 0.100. The van der Waals surface area contributed by atoms with E-state index in [1.165, 1.54) is 11.8 Å². The molecule has 0 spiro atoms. The Morgan fingerprint density at radius 1 is 1.17 bits per heavy atom. The van der Waals surface area contributed by atoms with Crippen LogP contribution >= 0.6 is 43.5 Å². The Hall–Kier alpha value is -0.0800. The third kappa shape index (κ3) is 8.90. The normalized spacial score (nSPS) is 13.5. The van der Waals surface area contributed by atoms with Crippen molar-refractivity contribution >= 4 is 47.9 Å². The van der Waals surface area contributed by atoms with Crippen LogP contribution in [0.1, 0.15) is 47.5 Å². The van der Waals surface area contributed by atoms with Crippen molar-refractivity contribution in [2.24, 2.45) is 0 Å². The summed E-state index contributed by atoms with van der Waals surface area (Å²) in [6, 6.07) is 10.1. The van der Waals surface area contributed by atoms with Gasteiger partial charge in [-0.15, -0.1) is 11.8 Å². The van der Waals surface area contributed by atoms with E-state index in [9.17, 15) is 4.57 Å². The molecule has 0 aromatic heterocycles. The number of hydrogen-bond donors (Lipinski definition) is 0. The first-order valence-electron chi connectivity index (χ1n) is 9.90. The van der Waals surface area contributed by atoms with Crippen LogP contribution in [0.25, 0.3) is 0 Å². The van der Waals surface area contributed by atoms with E-state index in [2.05, 4.69) is 32.9 Å². The molecule has 0 bridgehead atoms. The van der Waals surface area contributed by atoms with Crippen LogP contribution in [0.3, 0.4) is 0 Å². The number of unbranched alkanes of at least 4 members (excludes halogenated alkanes) is 1. The zero-order chi connectivity index (χ0) is 21.9. The molecule has 1 aromatic carbocycles. The molecule has 29 heavy (non-hydrogen) atoms. The van der Waals surface area contributed by atoms with Crippen LogP contribution in [-0.2, 0) is 18.3 Å². The summed E-state index contributed by atoms with van der Waals surface area (Å²) >= 11 is 8.57. The second-order valence-corrected chi connectivity index (χ2v) is 12.3. The highest BCUT2D eigenvalue weighted by molar-refractivity contribution is 8.23. The average molecular weight is 480 g/mol. The van der Waals surface area contributed by atoms with Crippen LogP contribution < -0.4 is 0 Å². The van der Waals surface area contributed by atoms with Crippen molar-refractivity contribution in [2.75, 3.05) is 26.9 Å². The fraction of sp³-hybridized carbons (Fsp3) is 0.650. The maximum absolute atomic E-state index is 13.5. The summed E-state index contributed by atoms with van der Waals surface area (Å²) in [6.45, 7) is 11.1.